The number of aromatic nitrogens is 2. The average Bonchev–Trinajstić information content (AvgIpc) is 3.89. The summed E-state index contributed by atoms with van der Waals surface area (Å²) in [6, 6.07) is 80.6. The van der Waals surface area contributed by atoms with Gasteiger partial charge < -0.3 is 23.7 Å². The van der Waals surface area contributed by atoms with Gasteiger partial charge in [-0.15, -0.1) is 0 Å². The maximum absolute atomic E-state index is 6.70. The third kappa shape index (κ3) is 4.60. The van der Waals surface area contributed by atoms with Crippen molar-refractivity contribution in [1.29, 1.82) is 0 Å². The predicted octanol–water partition coefficient (Wildman–Crippen LogP) is 10.9. The molecule has 0 N–H and O–H groups in total. The van der Waals surface area contributed by atoms with Crippen LogP contribution in [0.5, 0.6) is 11.5 Å². The third-order valence-corrected chi connectivity index (χ3v) is 15.1. The van der Waals surface area contributed by atoms with Gasteiger partial charge in [-0.1, -0.05) is 133 Å². The number of anilines is 6. The molecule has 5 nitrogen and oxygen atoms in total. The van der Waals surface area contributed by atoms with E-state index in [1.54, 1.807) is 0 Å². The van der Waals surface area contributed by atoms with Crippen LogP contribution in [0.1, 0.15) is 0 Å². The first-order valence-corrected chi connectivity index (χ1v) is 23.3. The average molecular weight is 851 g/mol. The van der Waals surface area contributed by atoms with Gasteiger partial charge in [-0.3, -0.25) is 0 Å². The van der Waals surface area contributed by atoms with Gasteiger partial charge in [0.15, 0.2) is 0 Å². The molecule has 0 aliphatic carbocycles. The molecule has 0 radical (unpaired) electrons. The predicted molar refractivity (Wildman–Crippen MR) is 280 cm³/mol. The Balaban J connectivity index is 1.05. The zero-order chi connectivity index (χ0) is 43.5. The number of benzene rings is 10. The molecule has 16 rings (SSSR count). The second-order valence-electron chi connectivity index (χ2n) is 18.4. The van der Waals surface area contributed by atoms with Crippen LogP contribution in [0, 0.1) is 0 Å². The number of hydrogen-bond donors (Lipinski definition) is 0. The van der Waals surface area contributed by atoms with Crippen LogP contribution in [0.4, 0.5) is 34.1 Å². The fraction of sp³-hybridized carbons (Fsp3) is 0. The molecular weight excluding hydrogens is 814 g/mol. The summed E-state index contributed by atoms with van der Waals surface area (Å²) >= 11 is 0. The highest BCUT2D eigenvalue weighted by Crippen LogP contribution is 2.47. The van der Waals surface area contributed by atoms with Gasteiger partial charge in [0.05, 0.1) is 16.7 Å². The standard InChI is InChI=1S/C60H36B2N4O/c1-4-17-37(18-5-1)63(38-19-6-2-7-20-38)40-33-53-57-54(34-40)66-52-36-51-43(41-23-15-28-48-59(41)65(51)50-30-16-32-56-58(50)62(48)46-26-11-13-31-55(46)67-56)35-44(52)42-24-14-27-47(60(42)66)61(57)45-25-10-12-29-49(45)64(53)39-21-8-3-9-22-39/h1-36H. The van der Waals surface area contributed by atoms with Gasteiger partial charge in [-0.2, -0.15) is 0 Å². The highest BCUT2D eigenvalue weighted by Gasteiger charge is 2.44. The van der Waals surface area contributed by atoms with E-state index in [9.17, 15) is 0 Å². The fourth-order valence-corrected chi connectivity index (χ4v) is 12.6. The van der Waals surface area contributed by atoms with Crippen molar-refractivity contribution >= 4 is 124 Å². The molecule has 0 saturated heterocycles. The van der Waals surface area contributed by atoms with Crippen molar-refractivity contribution in [3.05, 3.63) is 218 Å². The Morgan fingerprint density at radius 1 is 0.343 bits per heavy atom. The quantitative estimate of drug-likeness (QED) is 0.165. The molecule has 0 saturated carbocycles. The third-order valence-electron chi connectivity index (χ3n) is 15.1. The van der Waals surface area contributed by atoms with Crippen LogP contribution in [0.2, 0.25) is 0 Å². The van der Waals surface area contributed by atoms with Gasteiger partial charge in [-0.25, -0.2) is 0 Å². The van der Waals surface area contributed by atoms with Crippen molar-refractivity contribution in [3.63, 3.8) is 0 Å². The monoisotopic (exact) mass is 850 g/mol. The Kier molecular flexibility index (Phi) is 6.91. The lowest BCUT2D eigenvalue weighted by atomic mass is 9.34. The molecule has 2 aromatic heterocycles. The molecule has 67 heavy (non-hydrogen) atoms. The molecule has 0 atom stereocenters. The van der Waals surface area contributed by atoms with Crippen molar-refractivity contribution in [2.75, 3.05) is 9.80 Å². The lowest BCUT2D eigenvalue weighted by Gasteiger charge is -2.41. The van der Waals surface area contributed by atoms with E-state index in [1.807, 2.05) is 0 Å². The van der Waals surface area contributed by atoms with Gasteiger partial charge in [-0.05, 0) is 118 Å². The van der Waals surface area contributed by atoms with Crippen LogP contribution in [0.3, 0.4) is 0 Å². The first-order valence-electron chi connectivity index (χ1n) is 23.3. The van der Waals surface area contributed by atoms with E-state index in [4.69, 9.17) is 4.74 Å². The Morgan fingerprint density at radius 2 is 0.866 bits per heavy atom. The Hall–Kier alpha value is -8.67. The second kappa shape index (κ2) is 13.0. The molecular formula is C60H36B2N4O. The summed E-state index contributed by atoms with van der Waals surface area (Å²) in [5, 5.41) is 5.06. The Bertz CT molecular complexity index is 4070. The number of rotatable bonds is 4. The maximum atomic E-state index is 6.70. The summed E-state index contributed by atoms with van der Waals surface area (Å²) < 4.78 is 11.9. The van der Waals surface area contributed by atoms with E-state index in [0.29, 0.717) is 0 Å². The Morgan fingerprint density at radius 3 is 1.57 bits per heavy atom. The first-order chi connectivity index (χ1) is 33.3. The van der Waals surface area contributed by atoms with E-state index >= 15 is 0 Å². The molecule has 308 valence electrons. The van der Waals surface area contributed by atoms with E-state index < -0.39 is 0 Å². The molecule has 0 bridgehead atoms. The number of fused-ring (bicyclic) bond motifs is 14. The summed E-state index contributed by atoms with van der Waals surface area (Å²) in [6.45, 7) is 0.0956. The summed E-state index contributed by atoms with van der Waals surface area (Å²) in [4.78, 5) is 4.91. The summed E-state index contributed by atoms with van der Waals surface area (Å²) in [5.41, 5.74) is 21.8. The van der Waals surface area contributed by atoms with E-state index in [0.717, 1.165) is 34.2 Å². The van der Waals surface area contributed by atoms with E-state index in [1.165, 1.54) is 99.1 Å². The van der Waals surface area contributed by atoms with Crippen LogP contribution >= 0.6 is 0 Å². The fourth-order valence-electron chi connectivity index (χ4n) is 12.6. The molecule has 4 aliphatic rings. The molecule has 12 aromatic rings. The van der Waals surface area contributed by atoms with E-state index in [2.05, 4.69) is 237 Å². The zero-order valence-corrected chi connectivity index (χ0v) is 36.1. The molecule has 10 aromatic carbocycles. The topological polar surface area (TPSA) is 25.6 Å². The molecule has 0 fully saturated rings. The molecule has 0 spiro atoms. The molecule has 7 heteroatoms. The van der Waals surface area contributed by atoms with Gasteiger partial charge in [0.2, 0.25) is 0 Å². The van der Waals surface area contributed by atoms with Gasteiger partial charge in [0.25, 0.3) is 13.4 Å². The Labute approximate surface area is 387 Å². The number of para-hydroxylation sites is 7. The van der Waals surface area contributed by atoms with Crippen LogP contribution in [-0.2, 0) is 0 Å². The van der Waals surface area contributed by atoms with Crippen molar-refractivity contribution in [1.82, 2.24) is 9.13 Å². The van der Waals surface area contributed by atoms with Crippen LogP contribution < -0.4 is 47.3 Å². The van der Waals surface area contributed by atoms with E-state index in [-0.39, 0.29) is 13.4 Å². The number of ether oxygens (including phenoxy) is 1. The summed E-state index contributed by atoms with van der Waals surface area (Å²) in [5.74, 6) is 1.87. The minimum atomic E-state index is 0.0190. The van der Waals surface area contributed by atoms with Crippen molar-refractivity contribution in [2.24, 2.45) is 0 Å². The number of hydrogen-bond acceptors (Lipinski definition) is 3. The van der Waals surface area contributed by atoms with Gasteiger partial charge in [0, 0.05) is 72.4 Å². The molecule has 4 aliphatic heterocycles. The second-order valence-corrected chi connectivity index (χ2v) is 18.4. The van der Waals surface area contributed by atoms with Gasteiger partial charge in [0.1, 0.15) is 11.5 Å². The minimum absolute atomic E-state index is 0.0190. The zero-order valence-electron chi connectivity index (χ0n) is 36.1. The van der Waals surface area contributed by atoms with Crippen molar-refractivity contribution in [3.8, 4) is 22.9 Å². The van der Waals surface area contributed by atoms with Gasteiger partial charge >= 0.3 is 0 Å². The molecule has 6 heterocycles. The molecule has 0 amide bonds. The summed E-state index contributed by atoms with van der Waals surface area (Å²) in [6.07, 6.45) is 0. The lowest BCUT2D eigenvalue weighted by Crippen LogP contribution is -2.60. The highest BCUT2D eigenvalue weighted by molar-refractivity contribution is 7.00. The lowest BCUT2D eigenvalue weighted by molar-refractivity contribution is 0.487. The first kappa shape index (κ1) is 35.7. The highest BCUT2D eigenvalue weighted by atomic mass is 16.5. The molecule has 0 unspecified atom stereocenters. The summed E-state index contributed by atoms with van der Waals surface area (Å²) in [7, 11) is 0. The van der Waals surface area contributed by atoms with Crippen LogP contribution in [-0.4, -0.2) is 22.6 Å². The SMILES string of the molecule is c1ccc(N(c2ccccc2)c2cc3c4c(c2)-n2c5cc6c(cc5c5cccc(c52)B4c2ccccc2N3c2ccccc2)c2cccc3c2n6-c2cccc4c2B3c2ccccc2O4)cc1. The number of nitrogens with zero attached hydrogens (tertiary/aromatic N) is 4. The smallest absolute Gasteiger partial charge is 0.256 e. The van der Waals surface area contributed by atoms with Crippen molar-refractivity contribution in [2.45, 2.75) is 0 Å². The normalized spacial score (nSPS) is 13.4. The van der Waals surface area contributed by atoms with Crippen LogP contribution in [0.15, 0.2) is 218 Å². The van der Waals surface area contributed by atoms with Crippen molar-refractivity contribution < 1.29 is 4.74 Å². The minimum Gasteiger partial charge on any atom is -0.458 e. The largest absolute Gasteiger partial charge is 0.458 e. The van der Waals surface area contributed by atoms with Crippen LogP contribution in [0.25, 0.3) is 55.0 Å². The maximum Gasteiger partial charge on any atom is 0.256 e.